The van der Waals surface area contributed by atoms with Crippen molar-refractivity contribution < 1.29 is 9.53 Å². The zero-order valence-electron chi connectivity index (χ0n) is 6.39. The smallest absolute Gasteiger partial charge is 0.330 e. The van der Waals surface area contributed by atoms with E-state index in [4.69, 9.17) is 0 Å². The molecule has 1 heterocycles. The fourth-order valence-electron chi connectivity index (χ4n) is 0.484. The van der Waals surface area contributed by atoms with Gasteiger partial charge in [-0.05, 0) is 5.41 Å². The van der Waals surface area contributed by atoms with Gasteiger partial charge in [0.05, 0.1) is 7.11 Å². The number of carbonyl (C=O) groups excluding carboxylic acids is 1. The first kappa shape index (κ1) is 9.28. The minimum atomic E-state index is -0.348. The van der Waals surface area contributed by atoms with Crippen LogP contribution in [0.2, 0.25) is 0 Å². The lowest BCUT2D eigenvalue weighted by atomic mass is 10.7. The largest absolute Gasteiger partial charge is 0.466 e. The normalized spacial score (nSPS) is 10.4. The predicted molar refractivity (Wildman–Crippen MR) is 49.1 cm³/mol. The molecule has 1 rings (SSSR count). The van der Waals surface area contributed by atoms with Crippen molar-refractivity contribution in [1.82, 2.24) is 4.98 Å². The van der Waals surface area contributed by atoms with E-state index >= 15 is 0 Å². The van der Waals surface area contributed by atoms with Crippen LogP contribution < -0.4 is 0 Å². The zero-order valence-corrected chi connectivity index (χ0v) is 8.02. The Hall–Kier alpha value is -0.810. The molecule has 0 fully saturated rings. The third-order valence-corrected chi connectivity index (χ3v) is 2.71. The van der Waals surface area contributed by atoms with Gasteiger partial charge in [-0.1, -0.05) is 11.8 Å². The molecule has 0 saturated heterocycles. The topological polar surface area (TPSA) is 39.2 Å². The maximum atomic E-state index is 10.6. The molecule has 5 heteroatoms. The number of nitrogens with zero attached hydrogens (tertiary/aromatic N) is 1. The summed E-state index contributed by atoms with van der Waals surface area (Å²) in [5.74, 6) is -0.348. The fraction of sp³-hybridized carbons (Fsp3) is 0.143. The highest BCUT2D eigenvalue weighted by Crippen LogP contribution is 2.20. The van der Waals surface area contributed by atoms with Crippen LogP contribution in [0, 0.1) is 0 Å². The van der Waals surface area contributed by atoms with E-state index in [2.05, 4.69) is 9.72 Å². The summed E-state index contributed by atoms with van der Waals surface area (Å²) < 4.78 is 5.33. The average molecular weight is 201 g/mol. The summed E-state index contributed by atoms with van der Waals surface area (Å²) >= 11 is 2.93. The average Bonchev–Trinajstić information content (AvgIpc) is 2.57. The van der Waals surface area contributed by atoms with Crippen LogP contribution in [-0.2, 0) is 9.53 Å². The van der Waals surface area contributed by atoms with Gasteiger partial charge in [0.2, 0.25) is 0 Å². The van der Waals surface area contributed by atoms with Crippen LogP contribution in [-0.4, -0.2) is 18.1 Å². The van der Waals surface area contributed by atoms with Gasteiger partial charge in [-0.25, -0.2) is 9.78 Å². The molecule has 0 radical (unpaired) electrons. The Morgan fingerprint density at radius 2 is 2.67 bits per heavy atom. The van der Waals surface area contributed by atoms with E-state index in [0.717, 1.165) is 4.34 Å². The van der Waals surface area contributed by atoms with E-state index in [1.54, 1.807) is 11.6 Å². The zero-order chi connectivity index (χ0) is 8.81. The van der Waals surface area contributed by atoms with Crippen molar-refractivity contribution in [1.29, 1.82) is 0 Å². The number of rotatable bonds is 3. The van der Waals surface area contributed by atoms with Gasteiger partial charge in [-0.3, -0.25) is 0 Å². The maximum absolute atomic E-state index is 10.6. The molecule has 1 aromatic rings. The molecule has 0 spiro atoms. The first-order valence-electron chi connectivity index (χ1n) is 3.13. The van der Waals surface area contributed by atoms with Crippen molar-refractivity contribution in [2.45, 2.75) is 4.34 Å². The second kappa shape index (κ2) is 4.95. The third-order valence-electron chi connectivity index (χ3n) is 0.984. The predicted octanol–water partition coefficient (Wildman–Crippen LogP) is 1.92. The number of methoxy groups -OCH3 is 1. The van der Waals surface area contributed by atoms with Crippen molar-refractivity contribution in [3.8, 4) is 0 Å². The summed E-state index contributed by atoms with van der Waals surface area (Å²) in [6.07, 6.45) is 3.09. The number of hydrogen-bond donors (Lipinski definition) is 0. The summed E-state index contributed by atoms with van der Waals surface area (Å²) in [4.78, 5) is 14.6. The monoisotopic (exact) mass is 201 g/mol. The molecule has 1 aromatic heterocycles. The van der Waals surface area contributed by atoms with Crippen molar-refractivity contribution >= 4 is 29.1 Å². The van der Waals surface area contributed by atoms with Crippen LogP contribution in [0.1, 0.15) is 0 Å². The molecule has 3 nitrogen and oxygen atoms in total. The molecule has 0 atom stereocenters. The van der Waals surface area contributed by atoms with Gasteiger partial charge in [-0.15, -0.1) is 11.3 Å². The Kier molecular flexibility index (Phi) is 3.83. The van der Waals surface area contributed by atoms with Crippen LogP contribution in [0.15, 0.2) is 27.4 Å². The summed E-state index contributed by atoms with van der Waals surface area (Å²) in [6.45, 7) is 0. The first-order chi connectivity index (χ1) is 5.83. The third kappa shape index (κ3) is 3.06. The Morgan fingerprint density at radius 3 is 3.25 bits per heavy atom. The molecule has 0 aliphatic heterocycles. The quantitative estimate of drug-likeness (QED) is 0.425. The molecule has 0 aliphatic carbocycles. The van der Waals surface area contributed by atoms with Gasteiger partial charge in [0.25, 0.3) is 0 Å². The first-order valence-corrected chi connectivity index (χ1v) is 4.89. The van der Waals surface area contributed by atoms with Gasteiger partial charge in [0.1, 0.15) is 0 Å². The van der Waals surface area contributed by atoms with Crippen LogP contribution in [0.5, 0.6) is 0 Å². The fourth-order valence-corrected chi connectivity index (χ4v) is 1.82. The van der Waals surface area contributed by atoms with Gasteiger partial charge < -0.3 is 4.74 Å². The second-order valence-electron chi connectivity index (χ2n) is 1.74. The number of ether oxygens (including phenoxy) is 1. The lowest BCUT2D eigenvalue weighted by molar-refractivity contribution is -0.134. The Bertz CT molecular complexity index is 269. The Morgan fingerprint density at radius 1 is 1.83 bits per heavy atom. The van der Waals surface area contributed by atoms with E-state index in [0.29, 0.717) is 0 Å². The summed E-state index contributed by atoms with van der Waals surface area (Å²) in [5, 5.41) is 3.54. The van der Waals surface area contributed by atoms with Crippen LogP contribution in [0.3, 0.4) is 0 Å². The Balaban J connectivity index is 2.35. The molecule has 0 N–H and O–H groups in total. The summed E-state index contributed by atoms with van der Waals surface area (Å²) in [5.41, 5.74) is 0. The molecular formula is C7H7NO2S2. The highest BCUT2D eigenvalue weighted by molar-refractivity contribution is 8.03. The minimum absolute atomic E-state index is 0.348. The van der Waals surface area contributed by atoms with E-state index in [1.807, 2.05) is 5.38 Å². The highest BCUT2D eigenvalue weighted by atomic mass is 32.2. The molecule has 0 aliphatic rings. The highest BCUT2D eigenvalue weighted by Gasteiger charge is 1.93. The number of aromatic nitrogens is 1. The lowest BCUT2D eigenvalue weighted by Gasteiger charge is -1.88. The molecule has 0 amide bonds. The van der Waals surface area contributed by atoms with Crippen LogP contribution in [0.4, 0.5) is 0 Å². The van der Waals surface area contributed by atoms with Crippen LogP contribution >= 0.6 is 23.1 Å². The molecular weight excluding hydrogens is 194 g/mol. The SMILES string of the molecule is COC(=O)C=CSc1nccs1. The van der Waals surface area contributed by atoms with Crippen LogP contribution in [0.25, 0.3) is 0 Å². The number of thiazole rings is 1. The summed E-state index contributed by atoms with van der Waals surface area (Å²) in [6, 6.07) is 0. The van der Waals surface area contributed by atoms with Crippen molar-refractivity contribution in [2.24, 2.45) is 0 Å². The number of carbonyl (C=O) groups is 1. The number of hydrogen-bond acceptors (Lipinski definition) is 5. The Labute approximate surface area is 78.5 Å². The number of thioether (sulfide) groups is 1. The van der Waals surface area contributed by atoms with Gasteiger partial charge in [0, 0.05) is 17.7 Å². The van der Waals surface area contributed by atoms with Gasteiger partial charge in [-0.2, -0.15) is 0 Å². The molecule has 12 heavy (non-hydrogen) atoms. The standard InChI is InChI=1S/C7H7NO2S2/c1-10-6(9)2-4-11-7-8-3-5-12-7/h2-5H,1H3. The van der Waals surface area contributed by atoms with Crippen molar-refractivity contribution in [3.63, 3.8) is 0 Å². The van der Waals surface area contributed by atoms with Crippen molar-refractivity contribution in [3.05, 3.63) is 23.1 Å². The number of esters is 1. The molecule has 0 saturated carbocycles. The molecule has 0 bridgehead atoms. The van der Waals surface area contributed by atoms with Crippen molar-refractivity contribution in [2.75, 3.05) is 7.11 Å². The van der Waals surface area contributed by atoms with Gasteiger partial charge >= 0.3 is 5.97 Å². The minimum Gasteiger partial charge on any atom is -0.466 e. The maximum Gasteiger partial charge on any atom is 0.330 e. The van der Waals surface area contributed by atoms with E-state index in [-0.39, 0.29) is 5.97 Å². The molecule has 64 valence electrons. The van der Waals surface area contributed by atoms with E-state index < -0.39 is 0 Å². The van der Waals surface area contributed by atoms with E-state index in [9.17, 15) is 4.79 Å². The molecule has 0 aromatic carbocycles. The lowest BCUT2D eigenvalue weighted by Crippen LogP contribution is -1.92. The molecule has 0 unspecified atom stereocenters. The van der Waals surface area contributed by atoms with E-state index in [1.165, 1.54) is 36.3 Å². The second-order valence-corrected chi connectivity index (χ2v) is 3.79. The summed E-state index contributed by atoms with van der Waals surface area (Å²) in [7, 11) is 1.35. The van der Waals surface area contributed by atoms with Gasteiger partial charge in [0.15, 0.2) is 4.34 Å².